The predicted octanol–water partition coefficient (Wildman–Crippen LogP) is 3.88. The van der Waals surface area contributed by atoms with Crippen LogP contribution in [0.3, 0.4) is 0 Å². The summed E-state index contributed by atoms with van der Waals surface area (Å²) >= 11 is 3.37. The Hall–Kier alpha value is -2.14. The van der Waals surface area contributed by atoms with Crippen LogP contribution in [0.4, 0.5) is 0 Å². The fraction of sp³-hybridized carbons (Fsp3) is 0.300. The molecule has 1 atom stereocenters. The summed E-state index contributed by atoms with van der Waals surface area (Å²) in [6.45, 7) is 3.95. The molecule has 0 saturated heterocycles. The van der Waals surface area contributed by atoms with Crippen molar-refractivity contribution in [3.8, 4) is 0 Å². The molecule has 0 bridgehead atoms. The van der Waals surface area contributed by atoms with Gasteiger partial charge in [-0.1, -0.05) is 72.2 Å². The quantitative estimate of drug-likeness (QED) is 0.713. The fourth-order valence-electron chi connectivity index (χ4n) is 2.33. The van der Waals surface area contributed by atoms with Crippen LogP contribution in [0.2, 0.25) is 0 Å². The summed E-state index contributed by atoms with van der Waals surface area (Å²) in [6, 6.07) is 16.3. The first-order valence-electron chi connectivity index (χ1n) is 8.20. The molecule has 0 heterocycles. The molecule has 25 heavy (non-hydrogen) atoms. The third-order valence-electron chi connectivity index (χ3n) is 3.74. The van der Waals surface area contributed by atoms with Crippen LogP contribution in [-0.2, 0) is 27.4 Å². The highest BCUT2D eigenvalue weighted by Gasteiger charge is 2.25. The lowest BCUT2D eigenvalue weighted by Gasteiger charge is -2.21. The lowest BCUT2D eigenvalue weighted by atomic mass is 10.0. The molecule has 2 aromatic rings. The van der Waals surface area contributed by atoms with Crippen molar-refractivity contribution >= 4 is 27.8 Å². The SMILES string of the molecule is CC(C)[C@H](NC(=O)Cc1ccccc1)C(=O)OCc1ccc(Br)cc1. The molecule has 0 aromatic heterocycles. The number of amides is 1. The number of carbonyl (C=O) groups excluding carboxylic acids is 2. The van der Waals surface area contributed by atoms with Gasteiger partial charge in [0.2, 0.25) is 5.91 Å². The maximum atomic E-state index is 12.4. The Morgan fingerprint density at radius 2 is 1.64 bits per heavy atom. The number of benzene rings is 2. The first-order valence-corrected chi connectivity index (χ1v) is 8.99. The second-order valence-electron chi connectivity index (χ2n) is 6.19. The molecular weight excluding hydrogens is 382 g/mol. The highest BCUT2D eigenvalue weighted by atomic mass is 79.9. The molecule has 0 aliphatic carbocycles. The number of carbonyl (C=O) groups is 2. The number of hydrogen-bond acceptors (Lipinski definition) is 3. The largest absolute Gasteiger partial charge is 0.459 e. The van der Waals surface area contributed by atoms with Crippen LogP contribution < -0.4 is 5.32 Å². The van der Waals surface area contributed by atoms with Crippen molar-refractivity contribution in [2.45, 2.75) is 32.9 Å². The Balaban J connectivity index is 1.91. The summed E-state index contributed by atoms with van der Waals surface area (Å²) in [5, 5.41) is 2.79. The molecule has 0 spiro atoms. The molecule has 1 amide bonds. The minimum Gasteiger partial charge on any atom is -0.459 e. The Labute approximate surface area is 156 Å². The Bertz CT molecular complexity index is 699. The number of nitrogens with one attached hydrogen (secondary N) is 1. The molecule has 4 nitrogen and oxygen atoms in total. The van der Waals surface area contributed by atoms with Gasteiger partial charge in [0.25, 0.3) is 0 Å². The maximum Gasteiger partial charge on any atom is 0.329 e. The zero-order chi connectivity index (χ0) is 18.2. The Kier molecular flexibility index (Phi) is 7.19. The summed E-state index contributed by atoms with van der Waals surface area (Å²) in [5.74, 6) is -0.665. The third-order valence-corrected chi connectivity index (χ3v) is 4.27. The van der Waals surface area contributed by atoms with Gasteiger partial charge in [-0.15, -0.1) is 0 Å². The number of ether oxygens (including phenoxy) is 1. The molecule has 132 valence electrons. The van der Waals surface area contributed by atoms with Crippen molar-refractivity contribution in [2.24, 2.45) is 5.92 Å². The molecular formula is C20H22BrNO3. The van der Waals surface area contributed by atoms with E-state index in [0.717, 1.165) is 15.6 Å². The molecule has 5 heteroatoms. The van der Waals surface area contributed by atoms with E-state index in [-0.39, 0.29) is 24.9 Å². The van der Waals surface area contributed by atoms with Gasteiger partial charge in [-0.3, -0.25) is 4.79 Å². The number of rotatable bonds is 7. The molecule has 0 saturated carbocycles. The van der Waals surface area contributed by atoms with Gasteiger partial charge in [0.1, 0.15) is 12.6 Å². The monoisotopic (exact) mass is 403 g/mol. The van der Waals surface area contributed by atoms with Crippen LogP contribution in [-0.4, -0.2) is 17.9 Å². The topological polar surface area (TPSA) is 55.4 Å². The van der Waals surface area contributed by atoms with Gasteiger partial charge in [0, 0.05) is 4.47 Å². The smallest absolute Gasteiger partial charge is 0.329 e. The molecule has 1 N–H and O–H groups in total. The third kappa shape index (κ3) is 6.35. The normalized spacial score (nSPS) is 11.8. The van der Waals surface area contributed by atoms with Crippen molar-refractivity contribution in [3.63, 3.8) is 0 Å². The molecule has 0 radical (unpaired) electrons. The van der Waals surface area contributed by atoms with Gasteiger partial charge in [0.05, 0.1) is 6.42 Å². The van der Waals surface area contributed by atoms with Gasteiger partial charge >= 0.3 is 5.97 Å². The van der Waals surface area contributed by atoms with Gasteiger partial charge in [-0.05, 0) is 29.2 Å². The Morgan fingerprint density at radius 3 is 2.24 bits per heavy atom. The van der Waals surface area contributed by atoms with E-state index >= 15 is 0 Å². The number of hydrogen-bond donors (Lipinski definition) is 1. The first-order chi connectivity index (χ1) is 12.0. The maximum absolute atomic E-state index is 12.4. The average Bonchev–Trinajstić information content (AvgIpc) is 2.59. The standard InChI is InChI=1S/C20H22BrNO3/c1-14(2)19(22-18(23)12-15-6-4-3-5-7-15)20(24)25-13-16-8-10-17(21)11-9-16/h3-11,14,19H,12-13H2,1-2H3,(H,22,23)/t19-/m0/s1. The van der Waals surface area contributed by atoms with Crippen molar-refractivity contribution in [1.82, 2.24) is 5.32 Å². The van der Waals surface area contributed by atoms with Crippen LogP contribution in [0, 0.1) is 5.92 Å². The molecule has 0 aliphatic heterocycles. The van der Waals surface area contributed by atoms with E-state index in [4.69, 9.17) is 4.74 Å². The van der Waals surface area contributed by atoms with Crippen LogP contribution in [0.1, 0.15) is 25.0 Å². The summed E-state index contributed by atoms with van der Waals surface area (Å²) in [6.07, 6.45) is 0.240. The highest BCUT2D eigenvalue weighted by molar-refractivity contribution is 9.10. The van der Waals surface area contributed by atoms with Gasteiger partial charge in [0.15, 0.2) is 0 Å². The van der Waals surface area contributed by atoms with Crippen molar-refractivity contribution in [3.05, 3.63) is 70.2 Å². The van der Waals surface area contributed by atoms with Crippen molar-refractivity contribution in [2.75, 3.05) is 0 Å². The molecule has 2 aromatic carbocycles. The minimum atomic E-state index is -0.660. The van der Waals surface area contributed by atoms with E-state index in [1.807, 2.05) is 68.4 Å². The second kappa shape index (κ2) is 9.37. The van der Waals surface area contributed by atoms with E-state index in [1.54, 1.807) is 0 Å². The minimum absolute atomic E-state index is 0.0582. The van der Waals surface area contributed by atoms with E-state index in [2.05, 4.69) is 21.2 Å². The molecule has 0 fully saturated rings. The fourth-order valence-corrected chi connectivity index (χ4v) is 2.59. The zero-order valence-electron chi connectivity index (χ0n) is 14.4. The van der Waals surface area contributed by atoms with Crippen LogP contribution >= 0.6 is 15.9 Å². The number of halogens is 1. The van der Waals surface area contributed by atoms with Crippen molar-refractivity contribution in [1.29, 1.82) is 0 Å². The van der Waals surface area contributed by atoms with Crippen molar-refractivity contribution < 1.29 is 14.3 Å². The summed E-state index contributed by atoms with van der Waals surface area (Å²) in [7, 11) is 0. The molecule has 0 unspecified atom stereocenters. The van der Waals surface area contributed by atoms with Gasteiger partial charge in [-0.2, -0.15) is 0 Å². The lowest BCUT2D eigenvalue weighted by Crippen LogP contribution is -2.45. The second-order valence-corrected chi connectivity index (χ2v) is 7.10. The van der Waals surface area contributed by atoms with Gasteiger partial charge in [-0.25, -0.2) is 4.79 Å². The first kappa shape index (κ1) is 19.2. The van der Waals surface area contributed by atoms with E-state index in [0.29, 0.717) is 0 Å². The highest BCUT2D eigenvalue weighted by Crippen LogP contribution is 2.12. The number of esters is 1. The predicted molar refractivity (Wildman–Crippen MR) is 101 cm³/mol. The van der Waals surface area contributed by atoms with Gasteiger partial charge < -0.3 is 10.1 Å². The van der Waals surface area contributed by atoms with Crippen LogP contribution in [0.25, 0.3) is 0 Å². The van der Waals surface area contributed by atoms with E-state index < -0.39 is 12.0 Å². The molecule has 2 rings (SSSR count). The summed E-state index contributed by atoms with van der Waals surface area (Å²) in [5.41, 5.74) is 1.81. The molecule has 0 aliphatic rings. The average molecular weight is 404 g/mol. The Morgan fingerprint density at radius 1 is 1.00 bits per heavy atom. The zero-order valence-corrected chi connectivity index (χ0v) is 16.0. The summed E-state index contributed by atoms with van der Waals surface area (Å²) in [4.78, 5) is 24.6. The van der Waals surface area contributed by atoms with E-state index in [1.165, 1.54) is 0 Å². The van der Waals surface area contributed by atoms with Crippen LogP contribution in [0.5, 0.6) is 0 Å². The lowest BCUT2D eigenvalue weighted by molar-refractivity contribution is -0.150. The summed E-state index contributed by atoms with van der Waals surface area (Å²) < 4.78 is 6.34. The van der Waals surface area contributed by atoms with E-state index in [9.17, 15) is 9.59 Å². The van der Waals surface area contributed by atoms with Crippen LogP contribution in [0.15, 0.2) is 59.1 Å².